The van der Waals surface area contributed by atoms with E-state index in [0.29, 0.717) is 10.8 Å². The lowest BCUT2D eigenvalue weighted by Crippen LogP contribution is -2.19. The fourth-order valence-electron chi connectivity index (χ4n) is 1.00. The lowest BCUT2D eigenvalue weighted by atomic mass is 10.2. The van der Waals surface area contributed by atoms with E-state index in [9.17, 15) is 4.21 Å². The van der Waals surface area contributed by atoms with E-state index in [2.05, 4.69) is 4.40 Å². The molecule has 0 aromatic heterocycles. The van der Waals surface area contributed by atoms with Crippen molar-refractivity contribution < 1.29 is 8.95 Å². The average molecular weight is 274 g/mol. The highest BCUT2D eigenvalue weighted by atomic mass is 35.5. The first kappa shape index (κ1) is 14.2. The van der Waals surface area contributed by atoms with Crippen molar-refractivity contribution in [1.82, 2.24) is 0 Å². The molecule has 1 atom stereocenters. The highest BCUT2D eigenvalue weighted by molar-refractivity contribution is 7.85. The second kappa shape index (κ2) is 5.65. The summed E-state index contributed by atoms with van der Waals surface area (Å²) >= 11 is 6.04. The van der Waals surface area contributed by atoms with E-state index >= 15 is 0 Å². The highest BCUT2D eigenvalue weighted by Gasteiger charge is 2.18. The van der Waals surface area contributed by atoms with Gasteiger partial charge in [-0.05, 0) is 39.0 Å². The molecule has 1 aromatic rings. The van der Waals surface area contributed by atoms with Crippen LogP contribution in [0.4, 0.5) is 0 Å². The van der Waals surface area contributed by atoms with Crippen LogP contribution < -0.4 is 4.74 Å². The minimum atomic E-state index is -1.27. The second-order valence-electron chi connectivity index (χ2n) is 4.48. The fourth-order valence-corrected chi connectivity index (χ4v) is 1.75. The smallest absolute Gasteiger partial charge is 0.144 e. The monoisotopic (exact) mass is 273 g/mol. The SMILES string of the molecule is COc1ccc(/C=N/[S@@](=O)C(C)(C)C)c(Cl)c1. The fraction of sp³-hybridized carbons (Fsp3) is 0.417. The molecule has 0 N–H and O–H groups in total. The first-order chi connectivity index (χ1) is 7.84. The van der Waals surface area contributed by atoms with Gasteiger partial charge >= 0.3 is 0 Å². The maximum Gasteiger partial charge on any atom is 0.144 e. The Morgan fingerprint density at radius 3 is 2.53 bits per heavy atom. The molecule has 0 aliphatic carbocycles. The van der Waals surface area contributed by atoms with E-state index in [4.69, 9.17) is 16.3 Å². The molecule has 0 spiro atoms. The molecule has 0 fully saturated rings. The molecular formula is C12H16ClNO2S. The molecule has 0 saturated heterocycles. The summed E-state index contributed by atoms with van der Waals surface area (Å²) in [6.07, 6.45) is 1.53. The lowest BCUT2D eigenvalue weighted by Gasteiger charge is -2.12. The number of halogens is 1. The van der Waals surface area contributed by atoms with Crippen LogP contribution in [0.1, 0.15) is 26.3 Å². The molecule has 0 saturated carbocycles. The summed E-state index contributed by atoms with van der Waals surface area (Å²) in [5, 5.41) is 0.527. The van der Waals surface area contributed by atoms with Crippen LogP contribution in [0.3, 0.4) is 0 Å². The Labute approximate surface area is 109 Å². The Morgan fingerprint density at radius 1 is 1.41 bits per heavy atom. The molecule has 0 bridgehead atoms. The zero-order valence-corrected chi connectivity index (χ0v) is 11.9. The van der Waals surface area contributed by atoms with Crippen LogP contribution >= 0.6 is 11.6 Å². The molecule has 0 unspecified atom stereocenters. The molecule has 0 aliphatic heterocycles. The molecule has 1 rings (SSSR count). The van der Waals surface area contributed by atoms with E-state index in [1.807, 2.05) is 20.8 Å². The lowest BCUT2D eigenvalue weighted by molar-refractivity contribution is 0.415. The summed E-state index contributed by atoms with van der Waals surface area (Å²) < 4.78 is 20.4. The summed E-state index contributed by atoms with van der Waals surface area (Å²) in [5.41, 5.74) is 0.727. The van der Waals surface area contributed by atoms with E-state index in [-0.39, 0.29) is 4.75 Å². The van der Waals surface area contributed by atoms with Crippen LogP contribution in [0.5, 0.6) is 5.75 Å². The summed E-state index contributed by atoms with van der Waals surface area (Å²) in [6, 6.07) is 5.26. The van der Waals surface area contributed by atoms with Gasteiger partial charge in [-0.15, -0.1) is 0 Å². The molecule has 17 heavy (non-hydrogen) atoms. The van der Waals surface area contributed by atoms with Crippen LogP contribution in [0.2, 0.25) is 5.02 Å². The minimum absolute atomic E-state index is 0.366. The van der Waals surface area contributed by atoms with Crippen LogP contribution in [0.25, 0.3) is 0 Å². The average Bonchev–Trinajstić information content (AvgIpc) is 2.25. The van der Waals surface area contributed by atoms with Crippen LogP contribution in [-0.4, -0.2) is 22.3 Å². The predicted molar refractivity (Wildman–Crippen MR) is 73.5 cm³/mol. The normalized spacial score (nSPS) is 13.9. The highest BCUT2D eigenvalue weighted by Crippen LogP contribution is 2.21. The van der Waals surface area contributed by atoms with Gasteiger partial charge in [0, 0.05) is 11.8 Å². The number of hydrogen-bond donors (Lipinski definition) is 0. The Bertz CT molecular complexity index is 452. The van der Waals surface area contributed by atoms with E-state index < -0.39 is 11.0 Å². The van der Waals surface area contributed by atoms with Crippen LogP contribution in [0, 0.1) is 0 Å². The van der Waals surface area contributed by atoms with E-state index in [0.717, 1.165) is 5.56 Å². The van der Waals surface area contributed by atoms with Crippen molar-refractivity contribution >= 4 is 28.8 Å². The zero-order chi connectivity index (χ0) is 13.1. The van der Waals surface area contributed by atoms with E-state index in [1.165, 1.54) is 6.21 Å². The quantitative estimate of drug-likeness (QED) is 0.793. The number of benzene rings is 1. The van der Waals surface area contributed by atoms with E-state index in [1.54, 1.807) is 25.3 Å². The van der Waals surface area contributed by atoms with Gasteiger partial charge in [-0.25, -0.2) is 4.21 Å². The summed E-state index contributed by atoms with van der Waals surface area (Å²) in [4.78, 5) is 0. The molecule has 1 aromatic carbocycles. The van der Waals surface area contributed by atoms with Crippen molar-refractivity contribution in [1.29, 1.82) is 0 Å². The second-order valence-corrected chi connectivity index (χ2v) is 6.82. The molecule has 0 heterocycles. The summed E-state index contributed by atoms with van der Waals surface area (Å²) in [5.74, 6) is 0.684. The van der Waals surface area contributed by atoms with Crippen molar-refractivity contribution in [3.05, 3.63) is 28.8 Å². The Hall–Kier alpha value is -0.870. The van der Waals surface area contributed by atoms with Crippen LogP contribution in [0.15, 0.2) is 22.6 Å². The predicted octanol–water partition coefficient (Wildman–Crippen LogP) is 3.23. The van der Waals surface area contributed by atoms with Crippen molar-refractivity contribution in [2.75, 3.05) is 7.11 Å². The third kappa shape index (κ3) is 4.13. The molecular weight excluding hydrogens is 258 g/mol. The first-order valence-electron chi connectivity index (χ1n) is 5.14. The Kier molecular flexibility index (Phi) is 4.71. The third-order valence-corrected chi connectivity index (χ3v) is 3.69. The molecule has 5 heteroatoms. The maximum atomic E-state index is 11.7. The topological polar surface area (TPSA) is 38.7 Å². The van der Waals surface area contributed by atoms with Gasteiger partial charge in [0.25, 0.3) is 0 Å². The molecule has 0 amide bonds. The number of hydrogen-bond acceptors (Lipinski definition) is 2. The van der Waals surface area contributed by atoms with Crippen molar-refractivity contribution in [3.8, 4) is 5.75 Å². The van der Waals surface area contributed by atoms with Gasteiger partial charge in [0.15, 0.2) is 0 Å². The molecule has 0 radical (unpaired) electrons. The Balaban J connectivity index is 2.89. The van der Waals surface area contributed by atoms with Gasteiger partial charge in [0.05, 0.1) is 16.9 Å². The summed E-state index contributed by atoms with van der Waals surface area (Å²) in [6.45, 7) is 5.61. The van der Waals surface area contributed by atoms with Gasteiger partial charge in [0.1, 0.15) is 16.7 Å². The van der Waals surface area contributed by atoms with Gasteiger partial charge in [-0.2, -0.15) is 4.40 Å². The van der Waals surface area contributed by atoms with Gasteiger partial charge < -0.3 is 4.74 Å². The zero-order valence-electron chi connectivity index (χ0n) is 10.4. The van der Waals surface area contributed by atoms with Crippen molar-refractivity contribution in [2.45, 2.75) is 25.5 Å². The summed E-state index contributed by atoms with van der Waals surface area (Å²) in [7, 11) is 0.304. The van der Waals surface area contributed by atoms with Gasteiger partial charge in [0.2, 0.25) is 0 Å². The number of methoxy groups -OCH3 is 1. The van der Waals surface area contributed by atoms with Gasteiger partial charge in [-0.1, -0.05) is 11.6 Å². The standard InChI is InChI=1S/C12H16ClNO2S/c1-12(2,3)17(15)14-8-9-5-6-10(16-4)7-11(9)13/h5-8H,1-4H3/b14-8+/t17-/m0/s1. The third-order valence-electron chi connectivity index (χ3n) is 2.02. The Morgan fingerprint density at radius 2 is 2.06 bits per heavy atom. The largest absolute Gasteiger partial charge is 0.497 e. The molecule has 0 aliphatic rings. The number of rotatable bonds is 3. The molecule has 94 valence electrons. The maximum absolute atomic E-state index is 11.7. The number of nitrogens with zero attached hydrogens (tertiary/aromatic N) is 1. The van der Waals surface area contributed by atoms with Gasteiger partial charge in [-0.3, -0.25) is 0 Å². The number of ether oxygens (including phenoxy) is 1. The van der Waals surface area contributed by atoms with Crippen molar-refractivity contribution in [2.24, 2.45) is 4.40 Å². The minimum Gasteiger partial charge on any atom is -0.497 e. The van der Waals surface area contributed by atoms with Crippen molar-refractivity contribution in [3.63, 3.8) is 0 Å². The first-order valence-corrected chi connectivity index (χ1v) is 6.62. The van der Waals surface area contributed by atoms with Crippen LogP contribution in [-0.2, 0) is 11.0 Å². The molecule has 3 nitrogen and oxygen atoms in total.